The Morgan fingerprint density at radius 1 is 0.852 bits per heavy atom. The summed E-state index contributed by atoms with van der Waals surface area (Å²) in [4.78, 5) is 11.2. The molecular weight excluding hydrogens is 334 g/mol. The Hall–Kier alpha value is -3.40. The summed E-state index contributed by atoms with van der Waals surface area (Å²) in [5.74, 6) is 0. The molecule has 5 aromatic rings. The minimum Gasteiger partial charge on any atom is -0.455 e. The molecule has 0 radical (unpaired) electrons. The van der Waals surface area contributed by atoms with Crippen LogP contribution in [0.5, 0.6) is 0 Å². The van der Waals surface area contributed by atoms with Crippen LogP contribution >= 0.6 is 0 Å². The molecule has 0 saturated carbocycles. The van der Waals surface area contributed by atoms with Gasteiger partial charge in [0.15, 0.2) is 0 Å². The SMILES string of the molecule is Cc1cc(-c2ncnc3cc(N(C)C)ccc23)c2oc3ccccc3c2c1. The molecule has 0 amide bonds. The molecule has 0 atom stereocenters. The Labute approximate surface area is 157 Å². The van der Waals surface area contributed by atoms with Gasteiger partial charge in [-0.2, -0.15) is 0 Å². The lowest BCUT2D eigenvalue weighted by molar-refractivity contribution is 0.670. The molecule has 0 aliphatic carbocycles. The van der Waals surface area contributed by atoms with E-state index < -0.39 is 0 Å². The van der Waals surface area contributed by atoms with Crippen molar-refractivity contribution in [3.05, 3.63) is 66.5 Å². The average molecular weight is 353 g/mol. The lowest BCUT2D eigenvalue weighted by Crippen LogP contribution is -2.08. The summed E-state index contributed by atoms with van der Waals surface area (Å²) in [6.07, 6.45) is 1.63. The molecule has 4 heteroatoms. The van der Waals surface area contributed by atoms with Crippen molar-refractivity contribution in [2.24, 2.45) is 0 Å². The molecule has 27 heavy (non-hydrogen) atoms. The van der Waals surface area contributed by atoms with E-state index in [4.69, 9.17) is 4.42 Å². The molecule has 2 heterocycles. The van der Waals surface area contributed by atoms with Gasteiger partial charge >= 0.3 is 0 Å². The molecule has 0 saturated heterocycles. The van der Waals surface area contributed by atoms with Crippen LogP contribution in [0.4, 0.5) is 5.69 Å². The van der Waals surface area contributed by atoms with Gasteiger partial charge < -0.3 is 9.32 Å². The molecule has 0 bridgehead atoms. The minimum absolute atomic E-state index is 0.874. The highest BCUT2D eigenvalue weighted by atomic mass is 16.3. The van der Waals surface area contributed by atoms with Crippen molar-refractivity contribution < 1.29 is 4.42 Å². The van der Waals surface area contributed by atoms with E-state index in [-0.39, 0.29) is 0 Å². The van der Waals surface area contributed by atoms with Gasteiger partial charge in [-0.15, -0.1) is 0 Å². The van der Waals surface area contributed by atoms with Crippen molar-refractivity contribution in [1.82, 2.24) is 9.97 Å². The highest BCUT2D eigenvalue weighted by Gasteiger charge is 2.16. The van der Waals surface area contributed by atoms with E-state index in [1.165, 1.54) is 5.56 Å². The van der Waals surface area contributed by atoms with Crippen LogP contribution in [0.2, 0.25) is 0 Å². The van der Waals surface area contributed by atoms with E-state index in [1.807, 2.05) is 32.3 Å². The minimum atomic E-state index is 0.874. The molecule has 5 rings (SSSR count). The lowest BCUT2D eigenvalue weighted by atomic mass is 10.0. The van der Waals surface area contributed by atoms with Gasteiger partial charge in [-0.3, -0.25) is 0 Å². The molecule has 2 aromatic heterocycles. The van der Waals surface area contributed by atoms with E-state index in [0.717, 1.165) is 49.8 Å². The van der Waals surface area contributed by atoms with E-state index in [1.54, 1.807) is 6.33 Å². The van der Waals surface area contributed by atoms with Crippen molar-refractivity contribution in [3.8, 4) is 11.3 Å². The predicted octanol–water partition coefficient (Wildman–Crippen LogP) is 5.57. The molecule has 0 spiro atoms. The number of nitrogens with zero attached hydrogens (tertiary/aromatic N) is 3. The fraction of sp³-hybridized carbons (Fsp3) is 0.130. The first-order valence-electron chi connectivity index (χ1n) is 8.96. The van der Waals surface area contributed by atoms with Crippen LogP contribution in [-0.4, -0.2) is 24.1 Å². The predicted molar refractivity (Wildman–Crippen MR) is 111 cm³/mol. The molecule has 132 valence electrons. The Morgan fingerprint density at radius 2 is 1.70 bits per heavy atom. The first kappa shape index (κ1) is 15.8. The topological polar surface area (TPSA) is 42.2 Å². The average Bonchev–Trinajstić information content (AvgIpc) is 3.05. The summed E-state index contributed by atoms with van der Waals surface area (Å²) >= 11 is 0. The fourth-order valence-corrected chi connectivity index (χ4v) is 3.69. The third-order valence-corrected chi connectivity index (χ3v) is 5.01. The number of para-hydroxylation sites is 1. The van der Waals surface area contributed by atoms with Crippen molar-refractivity contribution in [1.29, 1.82) is 0 Å². The summed E-state index contributed by atoms with van der Waals surface area (Å²) < 4.78 is 6.24. The monoisotopic (exact) mass is 353 g/mol. The van der Waals surface area contributed by atoms with Gasteiger partial charge in [0.25, 0.3) is 0 Å². The second-order valence-corrected chi connectivity index (χ2v) is 7.11. The lowest BCUT2D eigenvalue weighted by Gasteiger charge is -2.13. The summed E-state index contributed by atoms with van der Waals surface area (Å²) in [7, 11) is 4.06. The van der Waals surface area contributed by atoms with Crippen LogP contribution in [0.25, 0.3) is 44.1 Å². The largest absolute Gasteiger partial charge is 0.455 e. The van der Waals surface area contributed by atoms with Crippen LogP contribution < -0.4 is 4.90 Å². The molecule has 0 unspecified atom stereocenters. The van der Waals surface area contributed by atoms with Gasteiger partial charge in [-0.25, -0.2) is 9.97 Å². The van der Waals surface area contributed by atoms with Crippen molar-refractivity contribution in [2.45, 2.75) is 6.92 Å². The molecule has 0 fully saturated rings. The normalized spacial score (nSPS) is 11.5. The summed E-state index contributed by atoms with van der Waals surface area (Å²) in [5.41, 5.74) is 6.90. The van der Waals surface area contributed by atoms with Crippen molar-refractivity contribution >= 4 is 38.5 Å². The van der Waals surface area contributed by atoms with Crippen molar-refractivity contribution in [2.75, 3.05) is 19.0 Å². The smallest absolute Gasteiger partial charge is 0.144 e. The number of hydrogen-bond acceptors (Lipinski definition) is 4. The number of rotatable bonds is 2. The molecule has 3 aromatic carbocycles. The van der Waals surface area contributed by atoms with Gasteiger partial charge in [0.1, 0.15) is 17.5 Å². The third-order valence-electron chi connectivity index (χ3n) is 5.01. The van der Waals surface area contributed by atoms with Crippen LogP contribution in [-0.2, 0) is 0 Å². The Kier molecular flexibility index (Phi) is 3.41. The molecular formula is C23H19N3O. The second kappa shape index (κ2) is 5.81. The number of anilines is 1. The third kappa shape index (κ3) is 2.45. The van der Waals surface area contributed by atoms with Gasteiger partial charge in [0, 0.05) is 41.5 Å². The number of aryl methyl sites for hydroxylation is 1. The van der Waals surface area contributed by atoms with Crippen molar-refractivity contribution in [3.63, 3.8) is 0 Å². The maximum absolute atomic E-state index is 6.24. The van der Waals surface area contributed by atoms with Gasteiger partial charge in [-0.1, -0.05) is 18.2 Å². The van der Waals surface area contributed by atoms with E-state index in [2.05, 4.69) is 58.2 Å². The molecule has 0 aliphatic rings. The fourth-order valence-electron chi connectivity index (χ4n) is 3.69. The number of aromatic nitrogens is 2. The zero-order valence-corrected chi connectivity index (χ0v) is 15.5. The summed E-state index contributed by atoms with van der Waals surface area (Å²) in [6, 6.07) is 18.8. The number of benzene rings is 3. The van der Waals surface area contributed by atoms with Crippen LogP contribution in [0.3, 0.4) is 0 Å². The number of furan rings is 1. The summed E-state index contributed by atoms with van der Waals surface area (Å²) in [6.45, 7) is 2.11. The van der Waals surface area contributed by atoms with Gasteiger partial charge in [-0.05, 0) is 48.9 Å². The first-order chi connectivity index (χ1) is 13.1. The zero-order valence-electron chi connectivity index (χ0n) is 15.5. The highest BCUT2D eigenvalue weighted by Crippen LogP contribution is 2.38. The molecule has 4 nitrogen and oxygen atoms in total. The van der Waals surface area contributed by atoms with Crippen LogP contribution in [0, 0.1) is 6.92 Å². The van der Waals surface area contributed by atoms with E-state index in [9.17, 15) is 0 Å². The number of hydrogen-bond donors (Lipinski definition) is 0. The molecule has 0 N–H and O–H groups in total. The second-order valence-electron chi connectivity index (χ2n) is 7.11. The first-order valence-corrected chi connectivity index (χ1v) is 8.96. The zero-order chi connectivity index (χ0) is 18.5. The quantitative estimate of drug-likeness (QED) is 0.416. The Balaban J connectivity index is 1.86. The van der Waals surface area contributed by atoms with E-state index >= 15 is 0 Å². The standard InChI is InChI=1S/C23H19N3O/c1-14-10-18-16-6-4-5-7-21(16)27-23(18)19(11-14)22-17-9-8-15(26(2)3)12-20(17)24-13-25-22/h4-13H,1-3H3. The van der Waals surface area contributed by atoms with E-state index in [0.29, 0.717) is 0 Å². The number of fused-ring (bicyclic) bond motifs is 4. The van der Waals surface area contributed by atoms with Gasteiger partial charge in [0.2, 0.25) is 0 Å². The highest BCUT2D eigenvalue weighted by molar-refractivity contribution is 6.11. The Bertz CT molecular complexity index is 1320. The van der Waals surface area contributed by atoms with Gasteiger partial charge in [0.05, 0.1) is 11.2 Å². The Morgan fingerprint density at radius 3 is 2.56 bits per heavy atom. The maximum atomic E-state index is 6.24. The van der Waals surface area contributed by atoms with Crippen LogP contribution in [0.15, 0.2) is 65.3 Å². The maximum Gasteiger partial charge on any atom is 0.144 e. The van der Waals surface area contributed by atoms with Crippen LogP contribution in [0.1, 0.15) is 5.56 Å². The molecule has 0 aliphatic heterocycles. The summed E-state index contributed by atoms with van der Waals surface area (Å²) in [5, 5.41) is 3.28.